The van der Waals surface area contributed by atoms with Crippen LogP contribution < -0.4 is 4.74 Å². The smallest absolute Gasteiger partial charge is 0.127 e. The molecule has 2 unspecified atom stereocenters. The predicted molar refractivity (Wildman–Crippen MR) is 121 cm³/mol. The topological polar surface area (TPSA) is 42.4 Å². The first kappa shape index (κ1) is 21.4. The molecule has 4 heteroatoms. The van der Waals surface area contributed by atoms with Gasteiger partial charge < -0.3 is 9.84 Å². The summed E-state index contributed by atoms with van der Waals surface area (Å²) >= 11 is 0. The third kappa shape index (κ3) is 4.90. The van der Waals surface area contributed by atoms with E-state index >= 15 is 0 Å². The van der Waals surface area contributed by atoms with Crippen molar-refractivity contribution >= 4 is 0 Å². The zero-order valence-corrected chi connectivity index (χ0v) is 18.4. The van der Waals surface area contributed by atoms with Crippen molar-refractivity contribution in [2.75, 3.05) is 0 Å². The first-order valence-corrected chi connectivity index (χ1v) is 11.0. The molecule has 0 aliphatic carbocycles. The zero-order valence-electron chi connectivity index (χ0n) is 18.4. The minimum atomic E-state index is -0.322. The van der Waals surface area contributed by atoms with Crippen LogP contribution in [0.1, 0.15) is 74.1 Å². The van der Waals surface area contributed by atoms with E-state index in [1.165, 1.54) is 12.1 Å². The fraction of sp³-hybridized carbons (Fsp3) is 0.370. The summed E-state index contributed by atoms with van der Waals surface area (Å²) < 4.78 is 19.4. The molecular formula is C27H30FNO2. The average molecular weight is 420 g/mol. The standard InChI is InChI=1S/C27H30FNO2/c1-18(5-4-6-19-7-9-22(28)10-8-19)21-15-24(30)26-23(20-11-13-29-14-12-20)17-27(2,3)31-25(26)16-21/h7-16,18,23,30H,4-6,17H2,1-3H3. The second-order valence-electron chi connectivity index (χ2n) is 9.27. The van der Waals surface area contributed by atoms with E-state index in [0.717, 1.165) is 53.7 Å². The van der Waals surface area contributed by atoms with Crippen LogP contribution in [0.2, 0.25) is 0 Å². The lowest BCUT2D eigenvalue weighted by molar-refractivity contribution is 0.0762. The van der Waals surface area contributed by atoms with E-state index in [1.54, 1.807) is 12.4 Å². The molecule has 0 fully saturated rings. The molecule has 0 bridgehead atoms. The van der Waals surface area contributed by atoms with E-state index in [0.29, 0.717) is 5.75 Å². The number of rotatable bonds is 6. The minimum absolute atomic E-state index is 0.0737. The molecule has 1 aromatic heterocycles. The number of fused-ring (bicyclic) bond motifs is 1. The van der Waals surface area contributed by atoms with Gasteiger partial charge in [-0.25, -0.2) is 4.39 Å². The van der Waals surface area contributed by atoms with Crippen molar-refractivity contribution in [1.82, 2.24) is 4.98 Å². The summed E-state index contributed by atoms with van der Waals surface area (Å²) in [6.07, 6.45) is 7.28. The van der Waals surface area contributed by atoms with Gasteiger partial charge in [0.1, 0.15) is 22.9 Å². The first-order valence-electron chi connectivity index (χ1n) is 11.0. The maximum absolute atomic E-state index is 13.1. The molecule has 2 heterocycles. The number of phenolic OH excluding ortho intramolecular Hbond substituents is 1. The zero-order chi connectivity index (χ0) is 22.0. The highest BCUT2D eigenvalue weighted by molar-refractivity contribution is 5.54. The highest BCUT2D eigenvalue weighted by Gasteiger charge is 2.37. The van der Waals surface area contributed by atoms with Crippen LogP contribution in [0, 0.1) is 5.82 Å². The van der Waals surface area contributed by atoms with Gasteiger partial charge in [-0.2, -0.15) is 0 Å². The number of hydrogen-bond donors (Lipinski definition) is 1. The van der Waals surface area contributed by atoms with E-state index in [-0.39, 0.29) is 23.3 Å². The number of phenols is 1. The van der Waals surface area contributed by atoms with Crippen LogP contribution >= 0.6 is 0 Å². The van der Waals surface area contributed by atoms with Gasteiger partial charge in [0.05, 0.1) is 0 Å². The number of benzene rings is 2. The van der Waals surface area contributed by atoms with Gasteiger partial charge in [0, 0.05) is 23.9 Å². The molecule has 1 aliphatic heterocycles. The Hall–Kier alpha value is -2.88. The number of pyridine rings is 1. The molecule has 0 saturated heterocycles. The Kier molecular flexibility index (Phi) is 5.99. The number of nitrogens with zero attached hydrogens (tertiary/aromatic N) is 1. The number of aromatic hydroxyl groups is 1. The van der Waals surface area contributed by atoms with Crippen LogP contribution in [0.15, 0.2) is 60.9 Å². The fourth-order valence-corrected chi connectivity index (χ4v) is 4.60. The lowest BCUT2D eigenvalue weighted by Gasteiger charge is -2.38. The van der Waals surface area contributed by atoms with Crippen molar-refractivity contribution in [3.8, 4) is 11.5 Å². The molecule has 4 rings (SSSR count). The molecular weight excluding hydrogens is 389 g/mol. The Labute approximate surface area is 183 Å². The lowest BCUT2D eigenvalue weighted by Crippen LogP contribution is -2.35. The van der Waals surface area contributed by atoms with Gasteiger partial charge in [0.25, 0.3) is 0 Å². The van der Waals surface area contributed by atoms with Crippen molar-refractivity contribution in [2.45, 2.75) is 63.9 Å². The molecule has 31 heavy (non-hydrogen) atoms. The van der Waals surface area contributed by atoms with Gasteiger partial charge in [-0.15, -0.1) is 0 Å². The van der Waals surface area contributed by atoms with Crippen molar-refractivity contribution in [3.63, 3.8) is 0 Å². The number of hydrogen-bond acceptors (Lipinski definition) is 3. The average Bonchev–Trinajstić information content (AvgIpc) is 2.74. The van der Waals surface area contributed by atoms with E-state index in [9.17, 15) is 9.50 Å². The molecule has 2 aromatic carbocycles. The summed E-state index contributed by atoms with van der Waals surface area (Å²) in [7, 11) is 0. The lowest BCUT2D eigenvalue weighted by atomic mass is 9.79. The van der Waals surface area contributed by atoms with E-state index in [4.69, 9.17) is 4.74 Å². The maximum atomic E-state index is 13.1. The Morgan fingerprint density at radius 2 is 1.84 bits per heavy atom. The van der Waals surface area contributed by atoms with Gasteiger partial charge >= 0.3 is 0 Å². The second kappa shape index (κ2) is 8.70. The van der Waals surface area contributed by atoms with Crippen LogP contribution in [0.25, 0.3) is 0 Å². The van der Waals surface area contributed by atoms with E-state index < -0.39 is 0 Å². The van der Waals surface area contributed by atoms with Gasteiger partial charge in [-0.3, -0.25) is 4.98 Å². The van der Waals surface area contributed by atoms with Crippen LogP contribution in [-0.2, 0) is 6.42 Å². The van der Waals surface area contributed by atoms with Gasteiger partial charge in [-0.1, -0.05) is 19.1 Å². The predicted octanol–water partition coefficient (Wildman–Crippen LogP) is 6.75. The van der Waals surface area contributed by atoms with Crippen molar-refractivity contribution in [1.29, 1.82) is 0 Å². The SMILES string of the molecule is CC(CCCc1ccc(F)cc1)c1cc(O)c2c(c1)OC(C)(C)CC2c1ccncc1. The summed E-state index contributed by atoms with van der Waals surface area (Å²) in [5.74, 6) is 1.23. The third-order valence-electron chi connectivity index (χ3n) is 6.27. The van der Waals surface area contributed by atoms with Gasteiger partial charge in [0.15, 0.2) is 0 Å². The summed E-state index contributed by atoms with van der Waals surface area (Å²) in [4.78, 5) is 4.13. The molecule has 0 amide bonds. The van der Waals surface area contributed by atoms with Crippen LogP contribution in [0.5, 0.6) is 11.5 Å². The molecule has 2 atom stereocenters. The van der Waals surface area contributed by atoms with Gasteiger partial charge in [0.2, 0.25) is 0 Å². The summed E-state index contributed by atoms with van der Waals surface area (Å²) in [5.41, 5.74) is 3.92. The van der Waals surface area contributed by atoms with Crippen molar-refractivity contribution < 1.29 is 14.2 Å². The molecule has 0 saturated carbocycles. The van der Waals surface area contributed by atoms with Crippen molar-refractivity contribution in [3.05, 3.63) is 89.0 Å². The Balaban J connectivity index is 1.54. The number of ether oxygens (including phenoxy) is 1. The largest absolute Gasteiger partial charge is 0.507 e. The molecule has 3 aromatic rings. The third-order valence-corrected chi connectivity index (χ3v) is 6.27. The van der Waals surface area contributed by atoms with Crippen LogP contribution in [0.4, 0.5) is 4.39 Å². The number of halogens is 1. The molecule has 0 radical (unpaired) electrons. The monoisotopic (exact) mass is 419 g/mol. The second-order valence-corrected chi connectivity index (χ2v) is 9.27. The van der Waals surface area contributed by atoms with Crippen LogP contribution in [-0.4, -0.2) is 15.7 Å². The first-order chi connectivity index (χ1) is 14.8. The Bertz CT molecular complexity index is 1030. The quantitative estimate of drug-likeness (QED) is 0.481. The van der Waals surface area contributed by atoms with Crippen molar-refractivity contribution in [2.24, 2.45) is 0 Å². The Morgan fingerprint density at radius 3 is 2.55 bits per heavy atom. The van der Waals surface area contributed by atoms with Crippen LogP contribution in [0.3, 0.4) is 0 Å². The summed E-state index contributed by atoms with van der Waals surface area (Å²) in [6.45, 7) is 6.38. The van der Waals surface area contributed by atoms with Gasteiger partial charge in [-0.05, 0) is 98.5 Å². The maximum Gasteiger partial charge on any atom is 0.127 e. The number of aromatic nitrogens is 1. The molecule has 0 spiro atoms. The number of aryl methyl sites for hydroxylation is 1. The Morgan fingerprint density at radius 1 is 1.13 bits per heavy atom. The van der Waals surface area contributed by atoms with E-state index in [2.05, 4.69) is 31.8 Å². The molecule has 3 nitrogen and oxygen atoms in total. The highest BCUT2D eigenvalue weighted by Crippen LogP contribution is 2.49. The summed E-state index contributed by atoms with van der Waals surface area (Å²) in [6, 6.07) is 14.8. The minimum Gasteiger partial charge on any atom is -0.507 e. The molecule has 1 N–H and O–H groups in total. The fourth-order valence-electron chi connectivity index (χ4n) is 4.60. The highest BCUT2D eigenvalue weighted by atomic mass is 19.1. The van der Waals surface area contributed by atoms with E-state index in [1.807, 2.05) is 30.3 Å². The molecule has 1 aliphatic rings. The summed E-state index contributed by atoms with van der Waals surface area (Å²) in [5, 5.41) is 11.0. The normalized spacial score (nSPS) is 18.1. The molecule has 162 valence electrons.